The predicted octanol–water partition coefficient (Wildman–Crippen LogP) is 17.7. The number of anilines is 3. The molecule has 0 N–H and O–H groups in total. The normalized spacial score (nSPS) is 14.4. The number of nitrogens with zero attached hydrogens (tertiary/aromatic N) is 2. The predicted molar refractivity (Wildman–Crippen MR) is 290 cm³/mol. The lowest BCUT2D eigenvalue weighted by molar-refractivity contribution is 0.748. The first-order chi connectivity index (χ1) is 34.3. The highest BCUT2D eigenvalue weighted by atomic mass is 15.1. The zero-order valence-electron chi connectivity index (χ0n) is 37.6. The lowest BCUT2D eigenvalue weighted by atomic mass is 9.65. The summed E-state index contributed by atoms with van der Waals surface area (Å²) in [7, 11) is 0. The van der Waals surface area contributed by atoms with E-state index in [1.807, 2.05) is 0 Å². The van der Waals surface area contributed by atoms with Crippen molar-refractivity contribution < 1.29 is 0 Å². The Balaban J connectivity index is 1.02. The quantitative estimate of drug-likeness (QED) is 0.156. The minimum absolute atomic E-state index is 0.586. The van der Waals surface area contributed by atoms with E-state index in [2.05, 4.69) is 264 Å². The fourth-order valence-corrected chi connectivity index (χ4v) is 12.6. The minimum atomic E-state index is -0.586. The average Bonchev–Trinajstić information content (AvgIpc) is 3.91. The maximum atomic E-state index is 2.53. The fourth-order valence-electron chi connectivity index (χ4n) is 12.6. The summed E-state index contributed by atoms with van der Waals surface area (Å²) < 4.78 is 2.53. The van der Waals surface area contributed by atoms with Gasteiger partial charge in [-0.15, -0.1) is 0 Å². The van der Waals surface area contributed by atoms with Crippen molar-refractivity contribution in [3.05, 3.63) is 277 Å². The summed E-state index contributed by atoms with van der Waals surface area (Å²) in [6, 6.07) is 95.2. The number of aromatic nitrogens is 1. The summed E-state index contributed by atoms with van der Waals surface area (Å²) in [4.78, 5) is 2.52. The maximum Gasteiger partial charge on any atom is 0.0755 e. The molecule has 1 atom stereocenters. The van der Waals surface area contributed by atoms with Gasteiger partial charge >= 0.3 is 0 Å². The topological polar surface area (TPSA) is 8.17 Å². The monoisotopic (exact) mass is 874 g/mol. The van der Waals surface area contributed by atoms with E-state index >= 15 is 0 Å². The van der Waals surface area contributed by atoms with E-state index in [0.29, 0.717) is 0 Å². The van der Waals surface area contributed by atoms with Crippen molar-refractivity contribution in [2.24, 2.45) is 0 Å². The number of hydrogen-bond donors (Lipinski definition) is 0. The van der Waals surface area contributed by atoms with Crippen molar-refractivity contribution in [2.75, 3.05) is 4.90 Å². The van der Waals surface area contributed by atoms with E-state index in [1.165, 1.54) is 110 Å². The van der Waals surface area contributed by atoms with Crippen molar-refractivity contribution >= 4 is 71.2 Å². The van der Waals surface area contributed by atoms with Gasteiger partial charge in [0.25, 0.3) is 0 Å². The van der Waals surface area contributed by atoms with Crippen LogP contribution in [0.15, 0.2) is 255 Å². The molecule has 320 valence electrons. The van der Waals surface area contributed by atoms with Crippen LogP contribution < -0.4 is 4.90 Å². The molecule has 1 aliphatic heterocycles. The van der Waals surface area contributed by atoms with Gasteiger partial charge in [-0.05, 0) is 125 Å². The average molecular weight is 875 g/mol. The third-order valence-corrected chi connectivity index (χ3v) is 15.4. The Morgan fingerprint density at radius 2 is 0.826 bits per heavy atom. The molecule has 0 amide bonds. The van der Waals surface area contributed by atoms with Crippen LogP contribution in [0, 0.1) is 0 Å². The van der Waals surface area contributed by atoms with Crippen LogP contribution in [0.5, 0.6) is 0 Å². The first-order valence-electron chi connectivity index (χ1n) is 24.0. The van der Waals surface area contributed by atoms with Gasteiger partial charge in [-0.2, -0.15) is 0 Å². The molecule has 0 radical (unpaired) electrons. The van der Waals surface area contributed by atoms with Crippen LogP contribution >= 0.6 is 0 Å². The second kappa shape index (κ2) is 14.5. The molecular weight excluding hydrogens is 833 g/mol. The molecule has 1 spiro atoms. The Labute approximate surface area is 400 Å². The molecule has 1 aromatic heterocycles. The molecule has 2 nitrogen and oxygen atoms in total. The van der Waals surface area contributed by atoms with Crippen LogP contribution in [0.4, 0.5) is 17.1 Å². The highest BCUT2D eigenvalue weighted by Crippen LogP contribution is 2.62. The van der Waals surface area contributed by atoms with Gasteiger partial charge in [0.1, 0.15) is 0 Å². The summed E-state index contributed by atoms with van der Waals surface area (Å²) in [5.74, 6) is 0. The molecule has 12 aromatic carbocycles. The minimum Gasteiger partial charge on any atom is -0.310 e. The van der Waals surface area contributed by atoms with E-state index in [4.69, 9.17) is 0 Å². The van der Waals surface area contributed by atoms with Crippen LogP contribution in [0.2, 0.25) is 0 Å². The molecule has 0 bridgehead atoms. The maximum absolute atomic E-state index is 2.53. The zero-order valence-corrected chi connectivity index (χ0v) is 37.6. The number of para-hydroxylation sites is 4. The van der Waals surface area contributed by atoms with Gasteiger partial charge in [-0.1, -0.05) is 212 Å². The number of rotatable bonds is 5. The smallest absolute Gasteiger partial charge is 0.0755 e. The molecule has 0 fully saturated rings. The molecular formula is C67H42N2. The molecule has 69 heavy (non-hydrogen) atoms. The molecule has 1 aliphatic carbocycles. The summed E-state index contributed by atoms with van der Waals surface area (Å²) in [5, 5.41) is 9.99. The van der Waals surface area contributed by atoms with Gasteiger partial charge in [0.15, 0.2) is 0 Å². The van der Waals surface area contributed by atoms with Gasteiger partial charge in [0.05, 0.1) is 27.8 Å². The van der Waals surface area contributed by atoms with Crippen molar-refractivity contribution in [3.63, 3.8) is 0 Å². The van der Waals surface area contributed by atoms with E-state index in [-0.39, 0.29) is 0 Å². The molecule has 2 heteroatoms. The molecule has 2 aliphatic rings. The highest BCUT2D eigenvalue weighted by molar-refractivity contribution is 6.13. The van der Waals surface area contributed by atoms with Crippen molar-refractivity contribution in [3.8, 4) is 39.1 Å². The Bertz CT molecular complexity index is 4280. The van der Waals surface area contributed by atoms with Crippen LogP contribution in [0.25, 0.3) is 93.2 Å². The standard InChI is InChI=1S/C67H42N2/c1-4-21-49-43(17-1)19-15-27-51(49)52-22-5-6-23-53(52)56-25-8-12-32-63(56)68(46-37-39-50-45(41-46)36-35-44-18-2-3-20-48(44)50)47-38-40-55-54-24-7-10-29-59(54)67(62(55)42-47)60-30-11-14-34-65(60)69-64-33-13-9-26-57(64)58-28-16-31-61(67)66(58)69/h1-42H. The van der Waals surface area contributed by atoms with Gasteiger partial charge in [0.2, 0.25) is 0 Å². The SMILES string of the molecule is c1ccc(-c2cccc3ccccc23)c(-c2ccccc2N(c2ccc3c(c2)C2(c4ccccc4-3)c3ccccc3-n3c4ccccc4c4cccc2c43)c2ccc3c(ccc4ccccc43)c2)c1. The van der Waals surface area contributed by atoms with Crippen molar-refractivity contribution in [1.82, 2.24) is 4.57 Å². The first-order valence-corrected chi connectivity index (χ1v) is 24.0. The van der Waals surface area contributed by atoms with Gasteiger partial charge in [-0.3, -0.25) is 0 Å². The van der Waals surface area contributed by atoms with Crippen LogP contribution in [-0.4, -0.2) is 4.57 Å². The van der Waals surface area contributed by atoms with E-state index < -0.39 is 5.41 Å². The van der Waals surface area contributed by atoms with E-state index in [0.717, 1.165) is 22.6 Å². The third-order valence-electron chi connectivity index (χ3n) is 15.4. The van der Waals surface area contributed by atoms with Gasteiger partial charge < -0.3 is 9.47 Å². The van der Waals surface area contributed by atoms with Gasteiger partial charge in [0, 0.05) is 27.7 Å². The first kappa shape index (κ1) is 38.2. The molecule has 0 saturated carbocycles. The number of hydrogen-bond acceptors (Lipinski definition) is 1. The summed E-state index contributed by atoms with van der Waals surface area (Å²) in [6.45, 7) is 0. The molecule has 2 heterocycles. The Morgan fingerprint density at radius 3 is 1.70 bits per heavy atom. The lowest BCUT2D eigenvalue weighted by Crippen LogP contribution is -2.33. The zero-order chi connectivity index (χ0) is 45.2. The Morgan fingerprint density at radius 1 is 0.290 bits per heavy atom. The Kier molecular flexibility index (Phi) is 8.02. The summed E-state index contributed by atoms with van der Waals surface area (Å²) >= 11 is 0. The lowest BCUT2D eigenvalue weighted by Gasteiger charge is -2.40. The van der Waals surface area contributed by atoms with Crippen LogP contribution in [0.1, 0.15) is 22.3 Å². The van der Waals surface area contributed by atoms with E-state index in [1.54, 1.807) is 0 Å². The largest absolute Gasteiger partial charge is 0.310 e. The highest BCUT2D eigenvalue weighted by Gasteiger charge is 2.51. The fraction of sp³-hybridized carbons (Fsp3) is 0.0149. The molecule has 13 aromatic rings. The second-order valence-electron chi connectivity index (χ2n) is 18.7. The van der Waals surface area contributed by atoms with E-state index in [9.17, 15) is 0 Å². The number of benzene rings is 12. The third kappa shape index (κ3) is 5.26. The van der Waals surface area contributed by atoms with Crippen LogP contribution in [-0.2, 0) is 5.41 Å². The summed E-state index contributed by atoms with van der Waals surface area (Å²) in [5.41, 5.74) is 19.0. The van der Waals surface area contributed by atoms with Crippen molar-refractivity contribution in [2.45, 2.75) is 5.41 Å². The molecule has 15 rings (SSSR count). The van der Waals surface area contributed by atoms with Crippen LogP contribution in [0.3, 0.4) is 0 Å². The van der Waals surface area contributed by atoms with Crippen molar-refractivity contribution in [1.29, 1.82) is 0 Å². The Hall–Kier alpha value is -8.98. The molecule has 0 saturated heterocycles. The second-order valence-corrected chi connectivity index (χ2v) is 18.7. The number of fused-ring (bicyclic) bond motifs is 16. The summed E-state index contributed by atoms with van der Waals surface area (Å²) in [6.07, 6.45) is 0. The van der Waals surface area contributed by atoms with Gasteiger partial charge in [-0.25, -0.2) is 0 Å². The molecule has 1 unspecified atom stereocenters.